The van der Waals surface area contributed by atoms with Crippen molar-refractivity contribution in [3.8, 4) is 28.7 Å². The molecule has 41 heavy (non-hydrogen) atoms. The van der Waals surface area contributed by atoms with Crippen LogP contribution in [0.25, 0.3) is 0 Å². The Balaban J connectivity index is 1.82. The van der Waals surface area contributed by atoms with E-state index in [9.17, 15) is 10.0 Å². The number of benzene rings is 2. The van der Waals surface area contributed by atoms with E-state index < -0.39 is 6.03 Å². The van der Waals surface area contributed by atoms with Crippen LogP contribution < -0.4 is 29.0 Å². The average molecular weight is 573 g/mol. The van der Waals surface area contributed by atoms with Crippen LogP contribution >= 0.6 is 0 Å². The van der Waals surface area contributed by atoms with Gasteiger partial charge in [-0.05, 0) is 67.5 Å². The molecule has 3 rings (SSSR count). The largest absolute Gasteiger partial charge is 0.493 e. The van der Waals surface area contributed by atoms with E-state index in [0.29, 0.717) is 46.8 Å². The summed E-state index contributed by atoms with van der Waals surface area (Å²) >= 11 is 0. The molecule has 0 saturated carbocycles. The molecule has 1 saturated heterocycles. The molecule has 1 aliphatic rings. The highest BCUT2D eigenvalue weighted by Gasteiger charge is 2.31. The monoisotopic (exact) mass is 572 g/mol. The van der Waals surface area contributed by atoms with E-state index in [1.807, 2.05) is 38.1 Å². The molecule has 2 atom stereocenters. The van der Waals surface area contributed by atoms with Gasteiger partial charge in [0, 0.05) is 11.8 Å². The van der Waals surface area contributed by atoms with E-state index in [1.54, 1.807) is 28.4 Å². The minimum absolute atomic E-state index is 0.150. The van der Waals surface area contributed by atoms with Crippen LogP contribution in [-0.2, 0) is 11.2 Å². The van der Waals surface area contributed by atoms with Gasteiger partial charge in [0.1, 0.15) is 0 Å². The van der Waals surface area contributed by atoms with Crippen molar-refractivity contribution in [1.82, 2.24) is 10.4 Å². The van der Waals surface area contributed by atoms with E-state index >= 15 is 0 Å². The van der Waals surface area contributed by atoms with Gasteiger partial charge in [-0.2, -0.15) is 0 Å². The van der Waals surface area contributed by atoms with Gasteiger partial charge in [0.15, 0.2) is 23.0 Å². The Morgan fingerprint density at radius 3 is 2.05 bits per heavy atom. The minimum Gasteiger partial charge on any atom is -0.493 e. The number of hydrogen-bond acceptors (Lipinski definition) is 8. The van der Waals surface area contributed by atoms with Crippen molar-refractivity contribution in [2.45, 2.75) is 64.6 Å². The Morgan fingerprint density at radius 1 is 0.927 bits per heavy atom. The van der Waals surface area contributed by atoms with Crippen molar-refractivity contribution in [2.75, 3.05) is 41.6 Å². The first-order valence-corrected chi connectivity index (χ1v) is 14.1. The van der Waals surface area contributed by atoms with Crippen LogP contribution in [0.3, 0.4) is 0 Å². The van der Waals surface area contributed by atoms with Crippen molar-refractivity contribution in [1.29, 1.82) is 0 Å². The Labute approximate surface area is 243 Å². The summed E-state index contributed by atoms with van der Waals surface area (Å²) in [5.41, 5.74) is 2.84. The van der Waals surface area contributed by atoms with Gasteiger partial charge < -0.3 is 33.7 Å². The third-order valence-corrected chi connectivity index (χ3v) is 6.90. The molecule has 10 heteroatoms. The van der Waals surface area contributed by atoms with Crippen molar-refractivity contribution in [2.24, 2.45) is 0 Å². The number of amides is 2. The molecule has 2 unspecified atom stereocenters. The van der Waals surface area contributed by atoms with Gasteiger partial charge in [-0.1, -0.05) is 26.3 Å². The Morgan fingerprint density at radius 2 is 1.51 bits per heavy atom. The topological polar surface area (TPSA) is 108 Å². The summed E-state index contributed by atoms with van der Waals surface area (Å²) in [6.45, 7) is 4.87. The average Bonchev–Trinajstić information content (AvgIpc) is 3.50. The first-order valence-electron chi connectivity index (χ1n) is 14.1. The number of unbranched alkanes of at least 4 members (excludes halogenated alkanes) is 1. The van der Waals surface area contributed by atoms with Crippen molar-refractivity contribution < 1.29 is 38.4 Å². The summed E-state index contributed by atoms with van der Waals surface area (Å²) < 4.78 is 34.9. The molecule has 0 spiro atoms. The van der Waals surface area contributed by atoms with Gasteiger partial charge in [-0.3, -0.25) is 5.21 Å². The highest BCUT2D eigenvalue weighted by Crippen LogP contribution is 2.47. The first kappa shape index (κ1) is 31.9. The van der Waals surface area contributed by atoms with E-state index in [4.69, 9.17) is 28.4 Å². The number of rotatable bonds is 15. The number of hydrogen-bond donors (Lipinski definition) is 2. The lowest BCUT2D eigenvalue weighted by Gasteiger charge is -2.20. The molecule has 10 nitrogen and oxygen atoms in total. The smallest absolute Gasteiger partial charge is 0.345 e. The van der Waals surface area contributed by atoms with E-state index in [2.05, 4.69) is 11.4 Å². The Bertz CT molecular complexity index is 1140. The van der Waals surface area contributed by atoms with Crippen molar-refractivity contribution in [3.63, 3.8) is 0 Å². The third-order valence-electron chi connectivity index (χ3n) is 6.90. The number of allylic oxidation sites excluding steroid dienone is 1. The number of methoxy groups -OCH3 is 4. The predicted octanol–water partition coefficient (Wildman–Crippen LogP) is 6.36. The molecule has 2 amide bonds. The second kappa shape index (κ2) is 16.0. The second-order valence-corrected chi connectivity index (χ2v) is 9.74. The summed E-state index contributed by atoms with van der Waals surface area (Å²) in [7, 11) is 6.40. The molecule has 1 fully saturated rings. The lowest BCUT2D eigenvalue weighted by molar-refractivity contribution is -0.0425. The molecule has 0 radical (unpaired) electrons. The zero-order valence-corrected chi connectivity index (χ0v) is 25.0. The highest BCUT2D eigenvalue weighted by molar-refractivity contribution is 5.73. The van der Waals surface area contributed by atoms with E-state index in [0.717, 1.165) is 48.8 Å². The molecule has 0 aliphatic carbocycles. The second-order valence-electron chi connectivity index (χ2n) is 9.74. The molecule has 226 valence electrons. The van der Waals surface area contributed by atoms with Gasteiger partial charge in [-0.15, -0.1) is 0 Å². The van der Waals surface area contributed by atoms with Crippen LogP contribution in [-0.4, -0.2) is 57.9 Å². The van der Waals surface area contributed by atoms with Crippen LogP contribution in [0.5, 0.6) is 28.7 Å². The minimum atomic E-state index is -0.569. The highest BCUT2D eigenvalue weighted by atomic mass is 16.5. The first-order chi connectivity index (χ1) is 19.9. The maximum Gasteiger partial charge on any atom is 0.345 e. The quantitative estimate of drug-likeness (QED) is 0.188. The number of hydroxylamine groups is 2. The van der Waals surface area contributed by atoms with E-state index in [-0.39, 0.29) is 18.8 Å². The van der Waals surface area contributed by atoms with E-state index in [1.165, 1.54) is 6.20 Å². The predicted molar refractivity (Wildman–Crippen MR) is 155 cm³/mol. The zero-order chi connectivity index (χ0) is 29.8. The summed E-state index contributed by atoms with van der Waals surface area (Å²) in [5.74, 6) is 3.01. The molecule has 1 heterocycles. The molecule has 2 aromatic carbocycles. The van der Waals surface area contributed by atoms with Gasteiger partial charge in [0.05, 0.1) is 53.8 Å². The molecule has 0 aromatic heterocycles. The fourth-order valence-electron chi connectivity index (χ4n) is 4.76. The fraction of sp³-hybridized carbons (Fsp3) is 0.516. The summed E-state index contributed by atoms with van der Waals surface area (Å²) in [6, 6.07) is 7.33. The lowest BCUT2D eigenvalue weighted by Crippen LogP contribution is -2.35. The number of nitrogens with one attached hydrogen (secondary N) is 1. The third kappa shape index (κ3) is 8.20. The van der Waals surface area contributed by atoms with Gasteiger partial charge in [0.25, 0.3) is 0 Å². The number of carbonyl (C=O) groups is 1. The molecule has 2 aromatic rings. The number of urea groups is 1. The van der Waals surface area contributed by atoms with Gasteiger partial charge >= 0.3 is 6.03 Å². The molecule has 1 aliphatic heterocycles. The van der Waals surface area contributed by atoms with Gasteiger partial charge in [0.2, 0.25) is 5.75 Å². The summed E-state index contributed by atoms with van der Waals surface area (Å²) in [6.07, 6.45) is 7.61. The van der Waals surface area contributed by atoms with Crippen LogP contribution in [0.1, 0.15) is 74.8 Å². The molecular weight excluding hydrogens is 528 g/mol. The fourth-order valence-corrected chi connectivity index (χ4v) is 4.76. The van der Waals surface area contributed by atoms with Crippen LogP contribution in [0.2, 0.25) is 0 Å². The van der Waals surface area contributed by atoms with Crippen LogP contribution in [0.15, 0.2) is 36.5 Å². The SMILES string of the molecule is CCCCN(O)C(=O)NC=CCc1cc(C2CCC(c3cc(OC)c(OC)c(OC)c3)O2)cc(OC)c1OCCC. The van der Waals surface area contributed by atoms with Crippen molar-refractivity contribution >= 4 is 6.03 Å². The van der Waals surface area contributed by atoms with Crippen molar-refractivity contribution in [3.05, 3.63) is 53.2 Å². The maximum atomic E-state index is 12.1. The number of nitrogens with zero attached hydrogens (tertiary/aromatic N) is 1. The maximum absolute atomic E-state index is 12.1. The molecular formula is C31H44N2O8. The summed E-state index contributed by atoms with van der Waals surface area (Å²) in [5, 5.41) is 13.1. The normalized spacial score (nSPS) is 16.5. The Hall–Kier alpha value is -3.63. The van der Waals surface area contributed by atoms with Gasteiger partial charge in [-0.25, -0.2) is 9.86 Å². The number of ether oxygens (including phenoxy) is 6. The van der Waals surface area contributed by atoms with Crippen LogP contribution in [0, 0.1) is 0 Å². The Kier molecular flexibility index (Phi) is 12.4. The standard InChI is InChI=1S/C31H44N2O8/c1-7-9-15-33(35)31(34)32-14-10-11-21-17-22(18-26(36-3)29(21)40-16-8-2)24-12-13-25(41-24)23-19-27(37-4)30(39-6)28(20-23)38-5/h10,14,17-20,24-25,35H,7-9,11-13,15-16H2,1-6H3,(H,32,34). The number of carbonyl (C=O) groups excluding carboxylic acids is 1. The zero-order valence-electron chi connectivity index (χ0n) is 25.0. The lowest BCUT2D eigenvalue weighted by atomic mass is 9.99. The summed E-state index contributed by atoms with van der Waals surface area (Å²) in [4.78, 5) is 12.1. The molecule has 2 N–H and O–H groups in total. The molecule has 0 bridgehead atoms. The van der Waals surface area contributed by atoms with Crippen LogP contribution in [0.4, 0.5) is 4.79 Å².